The number of hydrogen-bond acceptors (Lipinski definition) is 4. The zero-order chi connectivity index (χ0) is 18.3. The lowest BCUT2D eigenvalue weighted by Crippen LogP contribution is -2.16. The van der Waals surface area contributed by atoms with Gasteiger partial charge < -0.3 is 5.11 Å². The third-order valence-corrected chi connectivity index (χ3v) is 4.30. The van der Waals surface area contributed by atoms with Gasteiger partial charge in [-0.2, -0.15) is 0 Å². The number of aromatic hydroxyl groups is 1. The van der Waals surface area contributed by atoms with Crippen LogP contribution in [0.3, 0.4) is 0 Å². The molecular formula is C19H19N3O2S. The second kappa shape index (κ2) is 6.29. The highest BCUT2D eigenvalue weighted by Gasteiger charge is 2.15. The normalized spacial score (nSPS) is 15.4. The standard InChI is InChI=1S/C19H19N3O2S/c1-10-5-11(2)7-15(6-10)22-18(24)16(17(23)21-19(22)25)9-14-8-12(3)20-13(14)4/h5-9,24H,1-4H3,(H,21,23,25). The second-order valence-corrected chi connectivity index (χ2v) is 6.65. The summed E-state index contributed by atoms with van der Waals surface area (Å²) >= 11 is 5.27. The first kappa shape index (κ1) is 17.1. The Labute approximate surface area is 150 Å². The van der Waals surface area contributed by atoms with Crippen molar-refractivity contribution in [1.29, 1.82) is 0 Å². The van der Waals surface area contributed by atoms with Gasteiger partial charge in [-0.3, -0.25) is 19.3 Å². The van der Waals surface area contributed by atoms with E-state index in [0.29, 0.717) is 5.69 Å². The predicted molar refractivity (Wildman–Crippen MR) is 103 cm³/mol. The number of aryl methyl sites for hydroxylation is 2. The van der Waals surface area contributed by atoms with Gasteiger partial charge in [0.2, 0.25) is 5.88 Å². The Balaban J connectivity index is 2.27. The molecule has 0 bridgehead atoms. The molecule has 0 saturated carbocycles. The minimum absolute atomic E-state index is 0.151. The van der Waals surface area contributed by atoms with Crippen LogP contribution in [0.2, 0.25) is 0 Å². The summed E-state index contributed by atoms with van der Waals surface area (Å²) in [6.07, 6.45) is 3.51. The molecular weight excluding hydrogens is 334 g/mol. The summed E-state index contributed by atoms with van der Waals surface area (Å²) in [5.74, 6) is -0.183. The molecule has 1 aromatic carbocycles. The van der Waals surface area contributed by atoms with E-state index in [0.717, 1.165) is 28.1 Å². The van der Waals surface area contributed by atoms with Crippen molar-refractivity contribution in [1.82, 2.24) is 9.55 Å². The van der Waals surface area contributed by atoms with Crippen LogP contribution in [0.25, 0.3) is 11.8 Å². The van der Waals surface area contributed by atoms with Crippen molar-refractivity contribution in [3.05, 3.63) is 67.4 Å². The Morgan fingerprint density at radius 1 is 1.16 bits per heavy atom. The number of benzene rings is 1. The largest absolute Gasteiger partial charge is 0.494 e. The van der Waals surface area contributed by atoms with Crippen molar-refractivity contribution in [2.45, 2.75) is 27.7 Å². The lowest BCUT2D eigenvalue weighted by molar-refractivity contribution is 0.432. The van der Waals surface area contributed by atoms with Crippen LogP contribution in [0.4, 0.5) is 0 Å². The van der Waals surface area contributed by atoms with Crippen molar-refractivity contribution < 1.29 is 5.11 Å². The minimum atomic E-state index is -0.429. The first-order valence-corrected chi connectivity index (χ1v) is 8.29. The fraction of sp³-hybridized carbons (Fsp3) is 0.211. The van der Waals surface area contributed by atoms with Crippen LogP contribution in [0.1, 0.15) is 30.5 Å². The summed E-state index contributed by atoms with van der Waals surface area (Å²) in [5.41, 5.74) is 4.98. The van der Waals surface area contributed by atoms with E-state index < -0.39 is 5.56 Å². The van der Waals surface area contributed by atoms with E-state index in [2.05, 4.69) is 9.98 Å². The van der Waals surface area contributed by atoms with Crippen molar-refractivity contribution in [3.63, 3.8) is 0 Å². The quantitative estimate of drug-likeness (QED) is 0.802. The number of nitrogens with one attached hydrogen (secondary N) is 1. The number of allylic oxidation sites excluding steroid dienone is 3. The van der Waals surface area contributed by atoms with Crippen LogP contribution >= 0.6 is 12.2 Å². The fourth-order valence-corrected chi connectivity index (χ4v) is 3.26. The molecule has 0 radical (unpaired) electrons. The number of H-pyrrole nitrogens is 1. The Morgan fingerprint density at radius 2 is 1.80 bits per heavy atom. The average molecular weight is 353 g/mol. The number of hydrogen-bond donors (Lipinski definition) is 2. The van der Waals surface area contributed by atoms with E-state index in [9.17, 15) is 9.90 Å². The van der Waals surface area contributed by atoms with E-state index in [1.165, 1.54) is 4.57 Å². The average Bonchev–Trinajstić information content (AvgIpc) is 2.80. The van der Waals surface area contributed by atoms with Crippen molar-refractivity contribution in [2.24, 2.45) is 4.99 Å². The highest BCUT2D eigenvalue weighted by Crippen LogP contribution is 2.25. The monoisotopic (exact) mass is 353 g/mol. The van der Waals surface area contributed by atoms with Gasteiger partial charge in [0.15, 0.2) is 4.77 Å². The summed E-state index contributed by atoms with van der Waals surface area (Å²) in [5, 5.41) is 10.8. The summed E-state index contributed by atoms with van der Waals surface area (Å²) in [7, 11) is 0. The van der Waals surface area contributed by atoms with Gasteiger partial charge in [0, 0.05) is 11.4 Å². The molecule has 2 N–H and O–H groups in total. The third-order valence-electron chi connectivity index (χ3n) is 4.01. The Kier molecular flexibility index (Phi) is 4.30. The van der Waals surface area contributed by atoms with Crippen LogP contribution in [0.15, 0.2) is 45.3 Å². The molecule has 5 nitrogen and oxygen atoms in total. The number of aromatic amines is 1. The molecule has 128 valence electrons. The maximum absolute atomic E-state index is 12.4. The van der Waals surface area contributed by atoms with Gasteiger partial charge in [-0.15, -0.1) is 0 Å². The predicted octanol–water partition coefficient (Wildman–Crippen LogP) is 3.98. The number of aromatic nitrogens is 2. The van der Waals surface area contributed by atoms with Crippen molar-refractivity contribution >= 4 is 24.0 Å². The van der Waals surface area contributed by atoms with Crippen molar-refractivity contribution in [2.75, 3.05) is 0 Å². The van der Waals surface area contributed by atoms with E-state index in [4.69, 9.17) is 12.2 Å². The Morgan fingerprint density at radius 3 is 2.36 bits per heavy atom. The maximum atomic E-state index is 12.4. The molecule has 1 aromatic heterocycles. The molecule has 1 aliphatic rings. The molecule has 0 unspecified atom stereocenters. The van der Waals surface area contributed by atoms with Crippen LogP contribution in [0.5, 0.6) is 5.88 Å². The molecule has 0 saturated heterocycles. The number of nitrogens with zero attached hydrogens (tertiary/aromatic N) is 2. The third kappa shape index (κ3) is 3.25. The number of aliphatic imine (C=N–C) groups is 1. The highest BCUT2D eigenvalue weighted by molar-refractivity contribution is 7.71. The molecule has 0 fully saturated rings. The van der Waals surface area contributed by atoms with Gasteiger partial charge in [-0.05, 0) is 80.9 Å². The first-order chi connectivity index (χ1) is 11.8. The minimum Gasteiger partial charge on any atom is -0.494 e. The van der Waals surface area contributed by atoms with Gasteiger partial charge in [0.1, 0.15) is 5.56 Å². The van der Waals surface area contributed by atoms with Crippen LogP contribution < -0.4 is 5.56 Å². The lowest BCUT2D eigenvalue weighted by Gasteiger charge is -2.13. The Hall–Kier alpha value is -2.73. The molecule has 0 atom stereocenters. The molecule has 2 aromatic rings. The van der Waals surface area contributed by atoms with E-state index in [1.54, 1.807) is 6.08 Å². The van der Waals surface area contributed by atoms with Crippen LogP contribution in [-0.4, -0.2) is 20.4 Å². The van der Waals surface area contributed by atoms with Crippen LogP contribution in [0, 0.1) is 18.6 Å². The van der Waals surface area contributed by atoms with Gasteiger partial charge >= 0.3 is 0 Å². The summed E-state index contributed by atoms with van der Waals surface area (Å²) < 4.78 is 1.62. The molecule has 0 spiro atoms. The Bertz CT molecular complexity index is 1060. The topological polar surface area (TPSA) is 70.4 Å². The SMILES string of the molecule is CC1=CC(=Cc2c(O)n(-c3cc(C)cc(C)c3)c(=S)[nH]c2=O)C(C)=N1. The molecule has 3 rings (SSSR count). The maximum Gasteiger partial charge on any atom is 0.262 e. The first-order valence-electron chi connectivity index (χ1n) is 7.89. The summed E-state index contributed by atoms with van der Waals surface area (Å²) in [4.78, 5) is 19.3. The lowest BCUT2D eigenvalue weighted by atomic mass is 10.1. The van der Waals surface area contributed by atoms with Crippen molar-refractivity contribution in [3.8, 4) is 11.6 Å². The van der Waals surface area contributed by atoms with Gasteiger partial charge in [-0.25, -0.2) is 0 Å². The highest BCUT2D eigenvalue weighted by atomic mass is 32.1. The van der Waals surface area contributed by atoms with Gasteiger partial charge in [-0.1, -0.05) is 6.07 Å². The van der Waals surface area contributed by atoms with Gasteiger partial charge in [0.05, 0.1) is 5.69 Å². The summed E-state index contributed by atoms with van der Waals surface area (Å²) in [6, 6.07) is 5.85. The smallest absolute Gasteiger partial charge is 0.262 e. The summed E-state index contributed by atoms with van der Waals surface area (Å²) in [6.45, 7) is 7.69. The van der Waals surface area contributed by atoms with E-state index in [-0.39, 0.29) is 16.2 Å². The molecule has 0 aliphatic carbocycles. The zero-order valence-electron chi connectivity index (χ0n) is 14.5. The fourth-order valence-electron chi connectivity index (χ4n) is 2.98. The molecule has 2 heterocycles. The second-order valence-electron chi connectivity index (χ2n) is 6.26. The molecule has 25 heavy (non-hydrogen) atoms. The van der Waals surface area contributed by atoms with E-state index >= 15 is 0 Å². The zero-order valence-corrected chi connectivity index (χ0v) is 15.4. The van der Waals surface area contributed by atoms with Crippen LogP contribution in [-0.2, 0) is 0 Å². The molecule has 1 aliphatic heterocycles. The van der Waals surface area contributed by atoms with Gasteiger partial charge in [0.25, 0.3) is 5.56 Å². The number of rotatable bonds is 2. The van der Waals surface area contributed by atoms with E-state index in [1.807, 2.05) is 52.0 Å². The molecule has 0 amide bonds. The molecule has 6 heteroatoms.